The van der Waals surface area contributed by atoms with Gasteiger partial charge in [-0.1, -0.05) is 0 Å². The lowest BCUT2D eigenvalue weighted by atomic mass is 10.1. The minimum atomic E-state index is -3.93. The number of hydrogen-bond donors (Lipinski definition) is 1. The predicted molar refractivity (Wildman–Crippen MR) is 42.7 cm³/mol. The van der Waals surface area contributed by atoms with Crippen LogP contribution >= 0.6 is 0 Å². The van der Waals surface area contributed by atoms with Crippen molar-refractivity contribution in [3.63, 3.8) is 0 Å². The maximum Gasteiger partial charge on any atom is 0.319 e. The molecule has 0 aromatic rings. The molecule has 1 saturated heterocycles. The van der Waals surface area contributed by atoms with E-state index in [2.05, 4.69) is 5.32 Å². The Labute approximate surface area is 79.6 Å². The zero-order chi connectivity index (χ0) is 10.6. The number of nitrogens with one attached hydrogen (secondary N) is 1. The highest BCUT2D eigenvalue weighted by Gasteiger charge is 2.40. The first-order valence-corrected chi connectivity index (χ1v) is 4.47. The van der Waals surface area contributed by atoms with E-state index in [0.717, 1.165) is 6.42 Å². The molecule has 0 radical (unpaired) electrons. The van der Waals surface area contributed by atoms with Gasteiger partial charge in [-0.2, -0.15) is 8.78 Å². The molecular formula is C8H13F4NO. The molecule has 0 aromatic heterocycles. The molecule has 0 saturated carbocycles. The van der Waals surface area contributed by atoms with Gasteiger partial charge in [-0.05, 0) is 12.3 Å². The third-order valence-electron chi connectivity index (χ3n) is 2.14. The van der Waals surface area contributed by atoms with Gasteiger partial charge in [0, 0.05) is 13.2 Å². The van der Waals surface area contributed by atoms with E-state index >= 15 is 0 Å². The average molecular weight is 215 g/mol. The van der Waals surface area contributed by atoms with E-state index in [1.165, 1.54) is 0 Å². The Hall–Kier alpha value is -0.360. The molecule has 14 heavy (non-hydrogen) atoms. The molecule has 1 heterocycles. The zero-order valence-electron chi connectivity index (χ0n) is 7.61. The van der Waals surface area contributed by atoms with Crippen molar-refractivity contribution in [2.45, 2.75) is 18.8 Å². The highest BCUT2D eigenvalue weighted by atomic mass is 19.3. The summed E-state index contributed by atoms with van der Waals surface area (Å²) in [5.41, 5.74) is 0. The van der Waals surface area contributed by atoms with E-state index in [4.69, 9.17) is 4.74 Å². The summed E-state index contributed by atoms with van der Waals surface area (Å²) in [5, 5.41) is 2.34. The summed E-state index contributed by atoms with van der Waals surface area (Å²) >= 11 is 0. The van der Waals surface area contributed by atoms with Crippen molar-refractivity contribution >= 4 is 0 Å². The first-order chi connectivity index (χ1) is 6.52. The number of alkyl halides is 4. The van der Waals surface area contributed by atoms with E-state index in [1.54, 1.807) is 0 Å². The Kier molecular flexibility index (Phi) is 4.12. The second-order valence-corrected chi connectivity index (χ2v) is 3.42. The van der Waals surface area contributed by atoms with E-state index in [0.29, 0.717) is 19.8 Å². The molecule has 2 nitrogen and oxygen atoms in total. The smallest absolute Gasteiger partial charge is 0.319 e. The number of hydrogen-bond acceptors (Lipinski definition) is 2. The summed E-state index contributed by atoms with van der Waals surface area (Å²) in [5.74, 6) is -3.76. The summed E-state index contributed by atoms with van der Waals surface area (Å²) in [4.78, 5) is 0. The van der Waals surface area contributed by atoms with E-state index in [1.807, 2.05) is 0 Å². The molecular weight excluding hydrogens is 202 g/mol. The topological polar surface area (TPSA) is 21.3 Å². The van der Waals surface area contributed by atoms with Gasteiger partial charge in [0.2, 0.25) is 0 Å². The fourth-order valence-electron chi connectivity index (χ4n) is 1.26. The molecule has 0 aromatic carbocycles. The first kappa shape index (κ1) is 11.7. The standard InChI is InChI=1S/C8H13F4NO/c9-7(10)8(11,12)5-13-3-6-1-2-14-4-6/h6-7,13H,1-5H2. The third kappa shape index (κ3) is 3.42. The molecule has 1 aliphatic heterocycles. The zero-order valence-corrected chi connectivity index (χ0v) is 7.61. The summed E-state index contributed by atoms with van der Waals surface area (Å²) in [6.45, 7) is 0.480. The molecule has 1 N–H and O–H groups in total. The maximum absolute atomic E-state index is 12.4. The first-order valence-electron chi connectivity index (χ1n) is 4.47. The molecule has 84 valence electrons. The Morgan fingerprint density at radius 3 is 2.64 bits per heavy atom. The largest absolute Gasteiger partial charge is 0.381 e. The molecule has 0 aliphatic carbocycles. The molecule has 0 spiro atoms. The third-order valence-corrected chi connectivity index (χ3v) is 2.14. The van der Waals surface area contributed by atoms with Crippen molar-refractivity contribution in [1.82, 2.24) is 5.32 Å². The molecule has 1 unspecified atom stereocenters. The van der Waals surface area contributed by atoms with Crippen LogP contribution in [-0.4, -0.2) is 38.7 Å². The predicted octanol–water partition coefficient (Wildman–Crippen LogP) is 1.51. The Morgan fingerprint density at radius 2 is 2.14 bits per heavy atom. The average Bonchev–Trinajstić information content (AvgIpc) is 2.56. The molecule has 1 atom stereocenters. The summed E-state index contributed by atoms with van der Waals surface area (Å²) in [7, 11) is 0. The molecule has 6 heteroatoms. The van der Waals surface area contributed by atoms with Crippen LogP contribution in [0.2, 0.25) is 0 Å². The Bertz CT molecular complexity index is 171. The number of halogens is 4. The van der Waals surface area contributed by atoms with Crippen molar-refractivity contribution in [2.75, 3.05) is 26.3 Å². The van der Waals surface area contributed by atoms with Gasteiger partial charge < -0.3 is 10.1 Å². The fraction of sp³-hybridized carbons (Fsp3) is 1.00. The van der Waals surface area contributed by atoms with Crippen molar-refractivity contribution in [1.29, 1.82) is 0 Å². The fourth-order valence-corrected chi connectivity index (χ4v) is 1.26. The van der Waals surface area contributed by atoms with Crippen molar-refractivity contribution < 1.29 is 22.3 Å². The van der Waals surface area contributed by atoms with Gasteiger partial charge in [0.25, 0.3) is 0 Å². The van der Waals surface area contributed by atoms with Crippen LogP contribution in [0.25, 0.3) is 0 Å². The number of ether oxygens (including phenoxy) is 1. The summed E-state index contributed by atoms with van der Waals surface area (Å²) < 4.78 is 53.2. The van der Waals surface area contributed by atoms with E-state index in [-0.39, 0.29) is 5.92 Å². The minimum absolute atomic E-state index is 0.170. The van der Waals surface area contributed by atoms with Gasteiger partial charge in [-0.25, -0.2) is 8.78 Å². The summed E-state index contributed by atoms with van der Waals surface area (Å²) in [6.07, 6.45) is -2.80. The van der Waals surface area contributed by atoms with Crippen LogP contribution < -0.4 is 5.32 Å². The summed E-state index contributed by atoms with van der Waals surface area (Å²) in [6, 6.07) is 0. The van der Waals surface area contributed by atoms with Gasteiger partial charge in [0.05, 0.1) is 13.2 Å². The van der Waals surface area contributed by atoms with Gasteiger partial charge >= 0.3 is 12.3 Å². The molecule has 0 amide bonds. The minimum Gasteiger partial charge on any atom is -0.381 e. The van der Waals surface area contributed by atoms with Crippen LogP contribution in [0, 0.1) is 5.92 Å². The maximum atomic E-state index is 12.4. The highest BCUT2D eigenvalue weighted by Crippen LogP contribution is 2.21. The van der Waals surface area contributed by atoms with Crippen LogP contribution in [0.4, 0.5) is 17.6 Å². The molecule has 0 bridgehead atoms. The van der Waals surface area contributed by atoms with Crippen LogP contribution in [0.3, 0.4) is 0 Å². The quantitative estimate of drug-likeness (QED) is 0.702. The lowest BCUT2D eigenvalue weighted by Gasteiger charge is -2.17. The van der Waals surface area contributed by atoms with Gasteiger partial charge in [0.1, 0.15) is 0 Å². The Balaban J connectivity index is 2.13. The normalized spacial score (nSPS) is 23.4. The van der Waals surface area contributed by atoms with Crippen molar-refractivity contribution in [2.24, 2.45) is 5.92 Å². The van der Waals surface area contributed by atoms with Gasteiger partial charge in [-0.15, -0.1) is 0 Å². The van der Waals surface area contributed by atoms with Crippen molar-refractivity contribution in [3.8, 4) is 0 Å². The SMILES string of the molecule is FC(F)C(F)(F)CNCC1CCOC1. The van der Waals surface area contributed by atoms with E-state index in [9.17, 15) is 17.6 Å². The van der Waals surface area contributed by atoms with Crippen LogP contribution in [0.5, 0.6) is 0 Å². The highest BCUT2D eigenvalue weighted by molar-refractivity contribution is 4.74. The van der Waals surface area contributed by atoms with Crippen molar-refractivity contribution in [3.05, 3.63) is 0 Å². The van der Waals surface area contributed by atoms with Crippen LogP contribution in [0.1, 0.15) is 6.42 Å². The second-order valence-electron chi connectivity index (χ2n) is 3.42. The van der Waals surface area contributed by atoms with Gasteiger partial charge in [0.15, 0.2) is 0 Å². The Morgan fingerprint density at radius 1 is 1.43 bits per heavy atom. The number of rotatable bonds is 5. The van der Waals surface area contributed by atoms with Gasteiger partial charge in [-0.3, -0.25) is 0 Å². The monoisotopic (exact) mass is 215 g/mol. The molecule has 1 fully saturated rings. The van der Waals surface area contributed by atoms with Crippen LogP contribution in [0.15, 0.2) is 0 Å². The lowest BCUT2D eigenvalue weighted by molar-refractivity contribution is -0.125. The lowest BCUT2D eigenvalue weighted by Crippen LogP contribution is -2.40. The second kappa shape index (κ2) is 4.93. The molecule has 1 rings (SSSR count). The van der Waals surface area contributed by atoms with E-state index < -0.39 is 18.9 Å². The molecule has 1 aliphatic rings. The van der Waals surface area contributed by atoms with Crippen LogP contribution in [-0.2, 0) is 4.74 Å².